The van der Waals surface area contributed by atoms with Gasteiger partial charge in [-0.05, 0) is 41.0 Å². The molecule has 0 saturated carbocycles. The zero-order valence-corrected chi connectivity index (χ0v) is 19.7. The highest BCUT2D eigenvalue weighted by atomic mass is 16.6. The fraction of sp³-hybridized carbons (Fsp3) is 0.444. The molecule has 2 saturated heterocycles. The molecular formula is C27H30N2O6. The van der Waals surface area contributed by atoms with E-state index in [1.165, 1.54) is 0 Å². The summed E-state index contributed by atoms with van der Waals surface area (Å²) in [5, 5.41) is 12.2. The van der Waals surface area contributed by atoms with Crippen LogP contribution in [0.1, 0.15) is 36.8 Å². The van der Waals surface area contributed by atoms with Crippen LogP contribution in [0.25, 0.3) is 11.1 Å². The van der Waals surface area contributed by atoms with Gasteiger partial charge in [0.15, 0.2) is 6.10 Å². The smallest absolute Gasteiger partial charge is 0.407 e. The van der Waals surface area contributed by atoms with Crippen molar-refractivity contribution in [3.63, 3.8) is 0 Å². The quantitative estimate of drug-likeness (QED) is 0.684. The summed E-state index contributed by atoms with van der Waals surface area (Å²) in [6.07, 6.45) is -0.385. The van der Waals surface area contributed by atoms with Crippen LogP contribution in [0.5, 0.6) is 0 Å². The summed E-state index contributed by atoms with van der Waals surface area (Å²) in [5.41, 5.74) is 4.57. The Morgan fingerprint density at radius 1 is 1.06 bits per heavy atom. The molecule has 184 valence electrons. The number of carboxylic acid groups (broad SMARTS) is 1. The van der Waals surface area contributed by atoms with Crippen molar-refractivity contribution in [2.75, 3.05) is 26.3 Å². The molecule has 2 amide bonds. The molecule has 2 aromatic carbocycles. The van der Waals surface area contributed by atoms with Crippen LogP contribution in [0.15, 0.2) is 48.5 Å². The summed E-state index contributed by atoms with van der Waals surface area (Å²) < 4.78 is 11.3. The van der Waals surface area contributed by atoms with Gasteiger partial charge in [-0.2, -0.15) is 0 Å². The Balaban J connectivity index is 1.21. The van der Waals surface area contributed by atoms with Crippen molar-refractivity contribution in [1.29, 1.82) is 0 Å². The highest BCUT2D eigenvalue weighted by Gasteiger charge is 2.41. The van der Waals surface area contributed by atoms with Crippen LogP contribution in [0, 0.1) is 11.8 Å². The molecule has 3 aliphatic rings. The lowest BCUT2D eigenvalue weighted by atomic mass is 9.90. The second kappa shape index (κ2) is 9.70. The number of benzene rings is 2. The molecule has 35 heavy (non-hydrogen) atoms. The van der Waals surface area contributed by atoms with E-state index >= 15 is 0 Å². The molecule has 4 atom stereocenters. The number of rotatable bonds is 5. The summed E-state index contributed by atoms with van der Waals surface area (Å²) in [6.45, 7) is 3.12. The van der Waals surface area contributed by atoms with Gasteiger partial charge in [-0.15, -0.1) is 0 Å². The lowest BCUT2D eigenvalue weighted by molar-refractivity contribution is -0.150. The number of amides is 2. The van der Waals surface area contributed by atoms with Crippen LogP contribution in [0.3, 0.4) is 0 Å². The number of piperidine rings is 1. The van der Waals surface area contributed by atoms with Gasteiger partial charge in [0, 0.05) is 25.6 Å². The van der Waals surface area contributed by atoms with Crippen LogP contribution >= 0.6 is 0 Å². The van der Waals surface area contributed by atoms with Crippen LogP contribution in [0.2, 0.25) is 0 Å². The first kappa shape index (κ1) is 23.4. The number of aliphatic carboxylic acids is 1. The first-order valence-corrected chi connectivity index (χ1v) is 12.2. The minimum Gasteiger partial charge on any atom is -0.481 e. The van der Waals surface area contributed by atoms with E-state index in [1.807, 2.05) is 31.2 Å². The predicted octanol–water partition coefficient (Wildman–Crippen LogP) is 3.25. The summed E-state index contributed by atoms with van der Waals surface area (Å²) in [6, 6.07) is 15.7. The number of nitrogens with one attached hydrogen (secondary N) is 1. The van der Waals surface area contributed by atoms with Gasteiger partial charge >= 0.3 is 12.1 Å². The molecule has 2 fully saturated rings. The number of hydrogen-bond acceptors (Lipinski definition) is 5. The van der Waals surface area contributed by atoms with Crippen molar-refractivity contribution in [3.05, 3.63) is 59.7 Å². The molecule has 2 unspecified atom stereocenters. The number of alkyl carbamates (subject to hydrolysis) is 1. The summed E-state index contributed by atoms with van der Waals surface area (Å²) in [5.74, 6) is -1.71. The molecule has 2 aromatic rings. The zero-order valence-electron chi connectivity index (χ0n) is 19.7. The van der Waals surface area contributed by atoms with Gasteiger partial charge in [0.1, 0.15) is 6.61 Å². The Morgan fingerprint density at radius 3 is 2.37 bits per heavy atom. The van der Waals surface area contributed by atoms with Crippen molar-refractivity contribution >= 4 is 18.0 Å². The normalized spacial score (nSPS) is 25.6. The number of ether oxygens (including phenoxy) is 2. The van der Waals surface area contributed by atoms with Gasteiger partial charge in [-0.1, -0.05) is 55.5 Å². The Labute approximate surface area is 204 Å². The zero-order chi connectivity index (χ0) is 24.5. The number of nitrogens with zero attached hydrogens (tertiary/aromatic N) is 1. The predicted molar refractivity (Wildman–Crippen MR) is 128 cm³/mol. The molecule has 0 aromatic heterocycles. The third-order valence-corrected chi connectivity index (χ3v) is 7.30. The van der Waals surface area contributed by atoms with E-state index in [9.17, 15) is 19.5 Å². The molecule has 2 N–H and O–H groups in total. The van der Waals surface area contributed by atoms with Gasteiger partial charge in [0.05, 0.1) is 12.0 Å². The van der Waals surface area contributed by atoms with Crippen molar-refractivity contribution in [2.45, 2.75) is 37.8 Å². The molecule has 0 radical (unpaired) electrons. The fourth-order valence-corrected chi connectivity index (χ4v) is 5.66. The standard InChI is InChI=1S/C27H30N2O6/c1-16-12-17(26(31)32)14-29(13-16)25(30)24-23(10-11-34-24)28-27(33)35-15-22-20-8-4-2-6-18(20)19-7-3-5-9-21(19)22/h2-9,16-17,22-24H,10-15H2,1H3,(H,28,33)(H,31,32)/t16?,17?,23-,24+/m1/s1. The molecule has 0 bridgehead atoms. The third-order valence-electron chi connectivity index (χ3n) is 7.30. The van der Waals surface area contributed by atoms with E-state index in [-0.39, 0.29) is 30.9 Å². The van der Waals surface area contributed by atoms with E-state index in [4.69, 9.17) is 9.47 Å². The maximum atomic E-state index is 13.2. The van der Waals surface area contributed by atoms with E-state index in [0.717, 1.165) is 22.3 Å². The number of carbonyl (C=O) groups is 3. The van der Waals surface area contributed by atoms with Crippen LogP contribution in [-0.2, 0) is 19.1 Å². The Bertz CT molecular complexity index is 1090. The Kier molecular flexibility index (Phi) is 6.47. The molecule has 2 heterocycles. The Morgan fingerprint density at radius 2 is 1.71 bits per heavy atom. The van der Waals surface area contributed by atoms with E-state index in [2.05, 4.69) is 29.6 Å². The molecule has 8 heteroatoms. The number of hydrogen-bond donors (Lipinski definition) is 2. The molecule has 1 aliphatic carbocycles. The summed E-state index contributed by atoms with van der Waals surface area (Å²) >= 11 is 0. The van der Waals surface area contributed by atoms with E-state index in [1.54, 1.807) is 4.90 Å². The topological polar surface area (TPSA) is 105 Å². The molecule has 0 spiro atoms. The SMILES string of the molecule is CC1CC(C(=O)O)CN(C(=O)[C@H]2OCC[C@H]2NC(=O)OCC2c3ccccc3-c3ccccc32)C1. The van der Waals surface area contributed by atoms with Gasteiger partial charge in [-0.25, -0.2) is 4.79 Å². The minimum atomic E-state index is -0.894. The number of likely N-dealkylation sites (tertiary alicyclic amines) is 1. The first-order valence-electron chi connectivity index (χ1n) is 12.2. The lowest BCUT2D eigenvalue weighted by Crippen LogP contribution is -2.54. The van der Waals surface area contributed by atoms with Crippen molar-refractivity contribution in [1.82, 2.24) is 10.2 Å². The molecule has 2 aliphatic heterocycles. The van der Waals surface area contributed by atoms with E-state index < -0.39 is 30.1 Å². The second-order valence-electron chi connectivity index (χ2n) is 9.78. The highest BCUT2D eigenvalue weighted by molar-refractivity contribution is 5.84. The van der Waals surface area contributed by atoms with Crippen molar-refractivity contribution in [3.8, 4) is 11.1 Å². The molecular weight excluding hydrogens is 448 g/mol. The third kappa shape index (κ3) is 4.62. The maximum absolute atomic E-state index is 13.2. The van der Waals surface area contributed by atoms with Crippen molar-refractivity contribution < 1.29 is 29.0 Å². The lowest BCUT2D eigenvalue weighted by Gasteiger charge is -2.36. The second-order valence-corrected chi connectivity index (χ2v) is 9.78. The number of carboxylic acids is 1. The maximum Gasteiger partial charge on any atom is 0.407 e. The summed E-state index contributed by atoms with van der Waals surface area (Å²) in [4.78, 5) is 38.9. The van der Waals surface area contributed by atoms with Crippen LogP contribution < -0.4 is 5.32 Å². The Hall–Kier alpha value is -3.39. The van der Waals surface area contributed by atoms with Crippen LogP contribution in [-0.4, -0.2) is 66.4 Å². The van der Waals surface area contributed by atoms with Crippen LogP contribution in [0.4, 0.5) is 4.79 Å². The molecule has 5 rings (SSSR count). The van der Waals surface area contributed by atoms with Gasteiger partial charge in [0.25, 0.3) is 5.91 Å². The van der Waals surface area contributed by atoms with Gasteiger partial charge in [0.2, 0.25) is 0 Å². The fourth-order valence-electron chi connectivity index (χ4n) is 5.66. The number of fused-ring (bicyclic) bond motifs is 3. The van der Waals surface area contributed by atoms with Gasteiger partial charge in [-0.3, -0.25) is 9.59 Å². The average Bonchev–Trinajstić information content (AvgIpc) is 3.44. The van der Waals surface area contributed by atoms with Crippen molar-refractivity contribution in [2.24, 2.45) is 11.8 Å². The average molecular weight is 479 g/mol. The van der Waals surface area contributed by atoms with E-state index in [0.29, 0.717) is 26.0 Å². The number of carbonyl (C=O) groups excluding carboxylic acids is 2. The van der Waals surface area contributed by atoms with Gasteiger partial charge < -0.3 is 24.8 Å². The largest absolute Gasteiger partial charge is 0.481 e. The highest BCUT2D eigenvalue weighted by Crippen LogP contribution is 2.44. The summed E-state index contributed by atoms with van der Waals surface area (Å²) in [7, 11) is 0. The monoisotopic (exact) mass is 478 g/mol. The molecule has 8 nitrogen and oxygen atoms in total. The minimum absolute atomic E-state index is 0.0480. The first-order chi connectivity index (χ1) is 16.9.